The first-order valence-corrected chi connectivity index (χ1v) is 9.83. The Kier molecular flexibility index (Phi) is 5.53. The summed E-state index contributed by atoms with van der Waals surface area (Å²) in [6, 6.07) is 14.2. The molecule has 148 valence electrons. The van der Waals surface area contributed by atoms with Crippen molar-refractivity contribution in [2.45, 2.75) is 25.9 Å². The number of carbonyl (C=O) groups excluding carboxylic acids is 2. The number of nitrogens with zero attached hydrogens (tertiary/aromatic N) is 1. The van der Waals surface area contributed by atoms with E-state index in [0.29, 0.717) is 23.7 Å². The highest BCUT2D eigenvalue weighted by atomic mass is 16.3. The molecule has 29 heavy (non-hydrogen) atoms. The molecule has 0 atom stereocenters. The van der Waals surface area contributed by atoms with Gasteiger partial charge in [0, 0.05) is 18.3 Å². The molecule has 3 N–H and O–H groups in total. The maximum atomic E-state index is 13.0. The molecule has 2 amide bonds. The number of hydrogen-bond acceptors (Lipinski definition) is 4. The standard InChI is InChI=1S/C23H23N3O3/c27-14-16-10-11-19(18-8-2-1-7-17(16)18)22(28)26-20-9-4-12-24-21(20)23(29)25-13-15-5-3-6-15/h1-2,4,7-12,15,27H,3,5-6,13-14H2,(H,25,29)(H,26,28). The predicted octanol–water partition coefficient (Wildman–Crippen LogP) is 3.51. The molecule has 0 unspecified atom stereocenters. The second-order valence-electron chi connectivity index (χ2n) is 7.34. The van der Waals surface area contributed by atoms with Crippen LogP contribution >= 0.6 is 0 Å². The van der Waals surface area contributed by atoms with Crippen LogP contribution in [0.1, 0.15) is 45.7 Å². The maximum Gasteiger partial charge on any atom is 0.272 e. The van der Waals surface area contributed by atoms with E-state index in [9.17, 15) is 14.7 Å². The summed E-state index contributed by atoms with van der Waals surface area (Å²) in [5, 5.41) is 16.9. The lowest BCUT2D eigenvalue weighted by Crippen LogP contribution is -2.33. The third-order valence-electron chi connectivity index (χ3n) is 5.48. The molecule has 0 radical (unpaired) electrons. The van der Waals surface area contributed by atoms with E-state index < -0.39 is 0 Å². The third-order valence-corrected chi connectivity index (χ3v) is 5.48. The number of nitrogens with one attached hydrogen (secondary N) is 2. The topological polar surface area (TPSA) is 91.3 Å². The summed E-state index contributed by atoms with van der Waals surface area (Å²) in [6.45, 7) is 0.534. The van der Waals surface area contributed by atoms with E-state index in [1.165, 1.54) is 6.42 Å². The first-order valence-electron chi connectivity index (χ1n) is 9.83. The van der Waals surface area contributed by atoms with Gasteiger partial charge in [-0.25, -0.2) is 4.98 Å². The molecule has 1 heterocycles. The molecular weight excluding hydrogens is 366 g/mol. The van der Waals surface area contributed by atoms with Crippen LogP contribution in [0.4, 0.5) is 5.69 Å². The van der Waals surface area contributed by atoms with Gasteiger partial charge < -0.3 is 15.7 Å². The molecule has 0 aliphatic heterocycles. The van der Waals surface area contributed by atoms with Gasteiger partial charge in [0.15, 0.2) is 5.69 Å². The number of fused-ring (bicyclic) bond motifs is 1. The number of carbonyl (C=O) groups is 2. The van der Waals surface area contributed by atoms with Crippen LogP contribution in [0.3, 0.4) is 0 Å². The van der Waals surface area contributed by atoms with Crippen LogP contribution in [-0.2, 0) is 6.61 Å². The Labute approximate surface area is 169 Å². The lowest BCUT2D eigenvalue weighted by Gasteiger charge is -2.25. The highest BCUT2D eigenvalue weighted by Gasteiger charge is 2.21. The molecule has 1 aliphatic rings. The van der Waals surface area contributed by atoms with Gasteiger partial charge in [-0.05, 0) is 53.3 Å². The van der Waals surface area contributed by atoms with Crippen LogP contribution in [0.25, 0.3) is 10.8 Å². The molecule has 6 nitrogen and oxygen atoms in total. The molecule has 6 heteroatoms. The summed E-state index contributed by atoms with van der Waals surface area (Å²) in [4.78, 5) is 29.7. The third kappa shape index (κ3) is 3.98. The average molecular weight is 389 g/mol. The normalized spacial score (nSPS) is 13.7. The minimum absolute atomic E-state index is 0.101. The Balaban J connectivity index is 1.58. The van der Waals surface area contributed by atoms with E-state index in [1.54, 1.807) is 30.5 Å². The molecule has 1 aliphatic carbocycles. The zero-order chi connectivity index (χ0) is 20.2. The number of amides is 2. The van der Waals surface area contributed by atoms with Gasteiger partial charge in [0.05, 0.1) is 12.3 Å². The smallest absolute Gasteiger partial charge is 0.272 e. The molecule has 0 spiro atoms. The van der Waals surface area contributed by atoms with Crippen molar-refractivity contribution in [3.05, 3.63) is 71.5 Å². The van der Waals surface area contributed by atoms with Gasteiger partial charge in [-0.1, -0.05) is 36.8 Å². The number of anilines is 1. The zero-order valence-corrected chi connectivity index (χ0v) is 16.0. The maximum absolute atomic E-state index is 13.0. The van der Waals surface area contributed by atoms with Gasteiger partial charge in [0.2, 0.25) is 0 Å². The van der Waals surface area contributed by atoms with Crippen molar-refractivity contribution < 1.29 is 14.7 Å². The fourth-order valence-corrected chi connectivity index (χ4v) is 3.59. The van der Waals surface area contributed by atoms with Crippen LogP contribution in [0, 0.1) is 5.92 Å². The predicted molar refractivity (Wildman–Crippen MR) is 112 cm³/mol. The monoisotopic (exact) mass is 389 g/mol. The van der Waals surface area contributed by atoms with Gasteiger partial charge in [-0.15, -0.1) is 0 Å². The Hall–Kier alpha value is -3.25. The number of benzene rings is 2. The molecular formula is C23H23N3O3. The lowest BCUT2D eigenvalue weighted by atomic mass is 9.85. The Morgan fingerprint density at radius 3 is 2.52 bits per heavy atom. The van der Waals surface area contributed by atoms with E-state index >= 15 is 0 Å². The van der Waals surface area contributed by atoms with Gasteiger partial charge in [-0.2, -0.15) is 0 Å². The largest absolute Gasteiger partial charge is 0.392 e. The summed E-state index contributed by atoms with van der Waals surface area (Å²) < 4.78 is 0. The lowest BCUT2D eigenvalue weighted by molar-refractivity contribution is 0.0935. The summed E-state index contributed by atoms with van der Waals surface area (Å²) in [7, 11) is 0. The summed E-state index contributed by atoms with van der Waals surface area (Å²) in [6.07, 6.45) is 5.04. The molecule has 2 aromatic carbocycles. The molecule has 1 fully saturated rings. The van der Waals surface area contributed by atoms with Gasteiger partial charge >= 0.3 is 0 Å². The van der Waals surface area contributed by atoms with Crippen molar-refractivity contribution in [1.82, 2.24) is 10.3 Å². The molecule has 0 saturated heterocycles. The number of pyridine rings is 1. The van der Waals surface area contributed by atoms with Gasteiger partial charge in [0.25, 0.3) is 11.8 Å². The zero-order valence-electron chi connectivity index (χ0n) is 16.0. The highest BCUT2D eigenvalue weighted by molar-refractivity contribution is 6.15. The fourth-order valence-electron chi connectivity index (χ4n) is 3.59. The fraction of sp³-hybridized carbons (Fsp3) is 0.261. The second-order valence-corrected chi connectivity index (χ2v) is 7.34. The number of rotatable bonds is 6. The van der Waals surface area contributed by atoms with E-state index in [1.807, 2.05) is 24.3 Å². The molecule has 1 aromatic heterocycles. The number of aliphatic hydroxyl groups excluding tert-OH is 1. The van der Waals surface area contributed by atoms with Crippen LogP contribution in [0.2, 0.25) is 0 Å². The molecule has 3 aromatic rings. The minimum Gasteiger partial charge on any atom is -0.392 e. The van der Waals surface area contributed by atoms with E-state index in [0.717, 1.165) is 29.2 Å². The van der Waals surface area contributed by atoms with Gasteiger partial charge in [0.1, 0.15) is 0 Å². The van der Waals surface area contributed by atoms with Crippen LogP contribution in [-0.4, -0.2) is 28.4 Å². The SMILES string of the molecule is O=C(NCC1CCC1)c1ncccc1NC(=O)c1ccc(CO)c2ccccc12. The van der Waals surface area contributed by atoms with Crippen LogP contribution < -0.4 is 10.6 Å². The van der Waals surface area contributed by atoms with Crippen molar-refractivity contribution in [3.8, 4) is 0 Å². The minimum atomic E-state index is -0.327. The van der Waals surface area contributed by atoms with Crippen molar-refractivity contribution in [2.75, 3.05) is 11.9 Å². The second kappa shape index (κ2) is 8.41. The summed E-state index contributed by atoms with van der Waals surface area (Å²) in [5.74, 6) is -0.0721. The van der Waals surface area contributed by atoms with Crippen molar-refractivity contribution in [2.24, 2.45) is 5.92 Å². The number of hydrogen-bond donors (Lipinski definition) is 3. The van der Waals surface area contributed by atoms with Crippen LogP contribution in [0.5, 0.6) is 0 Å². The number of aromatic nitrogens is 1. The molecule has 0 bridgehead atoms. The van der Waals surface area contributed by atoms with Crippen molar-refractivity contribution in [3.63, 3.8) is 0 Å². The Bertz CT molecular complexity index is 1060. The van der Waals surface area contributed by atoms with Crippen molar-refractivity contribution in [1.29, 1.82) is 0 Å². The number of aliphatic hydroxyl groups is 1. The molecule has 1 saturated carbocycles. The summed E-state index contributed by atoms with van der Waals surface area (Å²) in [5.41, 5.74) is 1.81. The van der Waals surface area contributed by atoms with E-state index in [-0.39, 0.29) is 24.1 Å². The van der Waals surface area contributed by atoms with Crippen molar-refractivity contribution >= 4 is 28.3 Å². The van der Waals surface area contributed by atoms with Crippen LogP contribution in [0.15, 0.2) is 54.7 Å². The first-order chi connectivity index (χ1) is 14.2. The molecule has 4 rings (SSSR count). The van der Waals surface area contributed by atoms with Gasteiger partial charge in [-0.3, -0.25) is 9.59 Å². The Morgan fingerprint density at radius 2 is 1.79 bits per heavy atom. The quantitative estimate of drug-likeness (QED) is 0.602. The first kappa shape index (κ1) is 19.1. The average Bonchev–Trinajstić information content (AvgIpc) is 2.72. The van der Waals surface area contributed by atoms with E-state index in [2.05, 4.69) is 15.6 Å². The van der Waals surface area contributed by atoms with E-state index in [4.69, 9.17) is 0 Å². The highest BCUT2D eigenvalue weighted by Crippen LogP contribution is 2.26. The summed E-state index contributed by atoms with van der Waals surface area (Å²) >= 11 is 0. The Morgan fingerprint density at radius 1 is 1.00 bits per heavy atom.